The molecule has 0 amide bonds. The fourth-order valence-electron chi connectivity index (χ4n) is 15.7. The van der Waals surface area contributed by atoms with Gasteiger partial charge in [0, 0.05) is 140 Å². The van der Waals surface area contributed by atoms with E-state index in [0.717, 1.165) is 104 Å². The maximum atomic E-state index is 14.0. The van der Waals surface area contributed by atoms with Crippen molar-refractivity contribution in [1.29, 1.82) is 0 Å². The van der Waals surface area contributed by atoms with E-state index < -0.39 is 37.6 Å². The van der Waals surface area contributed by atoms with Crippen LogP contribution in [0.15, 0.2) is 211 Å². The number of aryl methyl sites for hydroxylation is 1. The lowest BCUT2D eigenvalue weighted by Crippen LogP contribution is -2.34. The highest BCUT2D eigenvalue weighted by Gasteiger charge is 2.39. The smallest absolute Gasteiger partial charge is 0.406 e. The van der Waals surface area contributed by atoms with Crippen molar-refractivity contribution in [3.8, 4) is 50.4 Å². The first-order chi connectivity index (χ1) is 61.2. The quantitative estimate of drug-likeness (QED) is 0.0432. The Kier molecular flexibility index (Phi) is 26.1. The third-order valence-corrected chi connectivity index (χ3v) is 31.2. The summed E-state index contributed by atoms with van der Waals surface area (Å²) in [6, 6.07) is 39.1. The van der Waals surface area contributed by atoms with Gasteiger partial charge in [0.15, 0.2) is 25.6 Å². The van der Waals surface area contributed by atoms with Crippen molar-refractivity contribution in [2.45, 2.75) is 126 Å². The molecule has 4 unspecified atom stereocenters. The number of thioether (sulfide) groups is 1. The number of ether oxygens (including phenoxy) is 2. The maximum absolute atomic E-state index is 14.0. The van der Waals surface area contributed by atoms with Gasteiger partial charge in [-0.2, -0.15) is 50.4 Å². The fourth-order valence-corrected chi connectivity index (χ4v) is 22.2. The van der Waals surface area contributed by atoms with Crippen LogP contribution in [0, 0.1) is 0 Å². The van der Waals surface area contributed by atoms with Gasteiger partial charge in [-0.15, -0.1) is 22.7 Å². The van der Waals surface area contributed by atoms with Gasteiger partial charge in [0.25, 0.3) is 16.7 Å². The van der Waals surface area contributed by atoms with Crippen LogP contribution in [0.3, 0.4) is 0 Å². The zero-order valence-corrected chi connectivity index (χ0v) is 75.0. The second-order valence-corrected chi connectivity index (χ2v) is 42.0. The third kappa shape index (κ3) is 20.7. The number of alkyl halides is 3. The van der Waals surface area contributed by atoms with Crippen LogP contribution >= 0.6 is 44.9 Å². The van der Waals surface area contributed by atoms with Gasteiger partial charge in [-0.25, -0.2) is 42.9 Å². The monoisotopic (exact) mass is 1830 g/mol. The molecule has 4 aromatic carbocycles. The highest BCUT2D eigenvalue weighted by Crippen LogP contribution is 2.41. The minimum atomic E-state index is -4.63. The van der Waals surface area contributed by atoms with E-state index >= 15 is 0 Å². The van der Waals surface area contributed by atoms with Crippen molar-refractivity contribution in [3.63, 3.8) is 0 Å². The first-order valence-corrected chi connectivity index (χ1v) is 49.6. The fraction of sp³-hybridized carbons (Fsp3) is 0.322. The zero-order valence-electron chi connectivity index (χ0n) is 70.1. The summed E-state index contributed by atoms with van der Waals surface area (Å²) < 4.78 is 96.7. The minimum absolute atomic E-state index is 0.00244. The molecule has 127 heavy (non-hydrogen) atoms. The third-order valence-electron chi connectivity index (χ3n) is 22.7. The van der Waals surface area contributed by atoms with Crippen LogP contribution in [0.1, 0.15) is 80.0 Å². The average molecular weight is 1830 g/mol. The molecule has 0 radical (unpaired) electrons. The average Bonchev–Trinajstić information content (AvgIpc) is 1.75. The SMILES string of the molecule is C=S(C)(=O)c1ccc(-c2cc3cnc(Nc4ccc(OC5CCN(C)C5)cc4)nc3n(-c3nccs3)c2=O)nc1.C=S(c1ccc(-c2cc3cnc(Nc4ccc(OC5CCNCC5)cc4)nc3n(CC(F)(F)F)c2=O)cc1)C1CCN(C)CC1.Cn1cc(S(=O)(=O)C2CC2)nc1-c1cc2cnc(Nc3ccc(C4CCCCS4)cc3)nc2n(Cc2nccs2)c1=O. The predicted octanol–water partition coefficient (Wildman–Crippen LogP) is 15.2. The van der Waals surface area contributed by atoms with Gasteiger partial charge >= 0.3 is 6.18 Å². The molecule has 10 aromatic heterocycles. The summed E-state index contributed by atoms with van der Waals surface area (Å²) in [6.45, 7) is 4.63. The van der Waals surface area contributed by atoms with Crippen LogP contribution < -0.4 is 47.4 Å². The highest BCUT2D eigenvalue weighted by atomic mass is 32.2. The molecule has 14 heterocycles. The summed E-state index contributed by atoms with van der Waals surface area (Å²) >= 11 is 4.79. The topological polar surface area (TPSA) is 324 Å². The van der Waals surface area contributed by atoms with Gasteiger partial charge in [0.1, 0.15) is 52.4 Å². The molecule has 5 aliphatic rings. The number of piperidine rings is 2. The van der Waals surface area contributed by atoms with Crippen LogP contribution in [0.2, 0.25) is 0 Å². The molecule has 5 fully saturated rings. The van der Waals surface area contributed by atoms with E-state index in [4.69, 9.17) is 14.5 Å². The van der Waals surface area contributed by atoms with Crippen molar-refractivity contribution < 1.29 is 35.3 Å². The Morgan fingerprint density at radius 2 is 1.16 bits per heavy atom. The largest absolute Gasteiger partial charge is 0.490 e. The number of halogens is 3. The summed E-state index contributed by atoms with van der Waals surface area (Å²) in [4.78, 5) is 92.2. The van der Waals surface area contributed by atoms with Crippen LogP contribution in [0.4, 0.5) is 48.1 Å². The van der Waals surface area contributed by atoms with Crippen molar-refractivity contribution in [2.24, 2.45) is 7.05 Å². The number of rotatable bonds is 23. The lowest BCUT2D eigenvalue weighted by molar-refractivity contribution is -0.140. The number of sulfone groups is 1. The minimum Gasteiger partial charge on any atom is -0.490 e. The lowest BCUT2D eigenvalue weighted by atomic mass is 10.1. The second kappa shape index (κ2) is 37.9. The summed E-state index contributed by atoms with van der Waals surface area (Å²) in [7, 11) is -0.230. The summed E-state index contributed by atoms with van der Waals surface area (Å²) in [5, 5.41) is 20.0. The van der Waals surface area contributed by atoms with Crippen LogP contribution in [-0.4, -0.2) is 197 Å². The number of imidazole rings is 1. The second-order valence-electron chi connectivity index (χ2n) is 32.2. The van der Waals surface area contributed by atoms with Crippen molar-refractivity contribution in [2.75, 3.05) is 81.3 Å². The number of hydrogen-bond acceptors (Lipinski definition) is 27. The summed E-state index contributed by atoms with van der Waals surface area (Å²) in [6.07, 6.45) is 18.5. The van der Waals surface area contributed by atoms with E-state index in [2.05, 4.69) is 114 Å². The molecule has 37 heteroatoms. The Morgan fingerprint density at radius 1 is 0.583 bits per heavy atom. The summed E-state index contributed by atoms with van der Waals surface area (Å²) in [5.74, 6) is 12.0. The molecule has 0 spiro atoms. The van der Waals surface area contributed by atoms with Crippen molar-refractivity contribution >= 4 is 144 Å². The van der Waals surface area contributed by atoms with Crippen LogP contribution in [0.5, 0.6) is 11.5 Å². The van der Waals surface area contributed by atoms with Crippen molar-refractivity contribution in [3.05, 3.63) is 223 Å². The number of likely N-dealkylation sites (N-methyl/N-ethyl adjacent to an activating group) is 1. The van der Waals surface area contributed by atoms with E-state index in [1.807, 2.05) is 77.8 Å². The highest BCUT2D eigenvalue weighted by molar-refractivity contribution is 8.14. The predicted molar refractivity (Wildman–Crippen MR) is 501 cm³/mol. The van der Waals surface area contributed by atoms with Gasteiger partial charge in [-0.3, -0.25) is 32.7 Å². The summed E-state index contributed by atoms with van der Waals surface area (Å²) in [5.41, 5.74) is 4.75. The van der Waals surface area contributed by atoms with E-state index in [1.165, 1.54) is 76.4 Å². The Labute approximate surface area is 745 Å². The first-order valence-electron chi connectivity index (χ1n) is 41.7. The molecule has 658 valence electrons. The molecule has 4 atom stereocenters. The van der Waals surface area contributed by atoms with Gasteiger partial charge < -0.3 is 45.1 Å². The Hall–Kier alpha value is -11.4. The standard InChI is InChI=1S/C33H37F3N6O2S.C29H29N7O3S3.C28H27N7O3S2/c1-41-17-13-28(14-18-41)45(2)27-9-3-22(4-10-27)29-19-23-20-38-32(40-30(23)42(31(29)43)21-33(34,35)36)39-24-5-7-25(8-6-24)44-26-11-15-37-16-12-26;1-35-17-25(42(38,39)21-9-10-21)33-27(35)22-14-19-15-31-29(34-26(19)36(28(22)37)16-24-30-11-13-41-24)32-20-7-5-18(6-8-20)23-4-2-3-12-40-23;1-34-12-10-21(17-34)38-20-6-4-19(5-7-20)32-27-31-15-18-14-23(24-9-8-22(16-30-24)40(2,3)37)26(36)35(25(18)33-27)28-29-11-13-39-28/h3-10,19-20,26,28,37H,2,11-18,21H2,1H3,(H,38,39,40);5-8,11,13-15,17,21,23H,2-4,9-10,12,16H2,1H3,(H,31,32,34);4-9,11,13-16,21H,2,10,12,17H2,1,3H3,(H,31,32,33). The number of nitrogens with one attached hydrogen (secondary N) is 4. The zero-order chi connectivity index (χ0) is 88.3. The molecule has 1 aliphatic carbocycles. The molecule has 19 rings (SSSR count). The van der Waals surface area contributed by atoms with E-state index in [0.29, 0.717) is 99.8 Å². The van der Waals surface area contributed by atoms with Crippen LogP contribution in [0.25, 0.3) is 72.0 Å². The number of nitrogens with zero attached hydrogens (tertiary/aromatic N) is 16. The number of thiazole rings is 2. The van der Waals surface area contributed by atoms with E-state index in [1.54, 1.807) is 107 Å². The van der Waals surface area contributed by atoms with Gasteiger partial charge in [-0.1, -0.05) is 36.6 Å². The number of hydrogen-bond donors (Lipinski definition) is 4. The lowest BCUT2D eigenvalue weighted by Gasteiger charge is -2.31. The molecule has 4 aliphatic heterocycles. The number of likely N-dealkylation sites (tertiary alicyclic amines) is 2. The maximum Gasteiger partial charge on any atom is 0.406 e. The normalized spacial score (nSPS) is 17.5. The van der Waals surface area contributed by atoms with Crippen molar-refractivity contribution in [1.82, 2.24) is 83.2 Å². The first kappa shape index (κ1) is 87.6. The number of benzene rings is 4. The molecular formula is C90H93F3N20O8S6. The molecule has 0 bridgehead atoms. The molecule has 4 N–H and O–H groups in total. The molecule has 28 nitrogen and oxygen atoms in total. The van der Waals surface area contributed by atoms with E-state index in [9.17, 15) is 40.2 Å². The van der Waals surface area contributed by atoms with Gasteiger partial charge in [0.05, 0.1) is 28.6 Å². The molecule has 1 saturated carbocycles. The number of aromatic nitrogens is 14. The Balaban J connectivity index is 0.000000134. The number of fused-ring (bicyclic) bond motifs is 3. The Morgan fingerprint density at radius 3 is 1.72 bits per heavy atom. The van der Waals surface area contributed by atoms with E-state index in [-0.39, 0.29) is 79.2 Å². The molecule has 14 aromatic rings. The molecule has 4 saturated heterocycles. The molecular weight excluding hydrogens is 1740 g/mol. The van der Waals surface area contributed by atoms with Gasteiger partial charge in [0.2, 0.25) is 17.8 Å². The Bertz CT molecular complexity index is 6770. The number of pyridine rings is 4. The van der Waals surface area contributed by atoms with Gasteiger partial charge in [-0.05, 0) is 233 Å². The van der Waals surface area contributed by atoms with Crippen LogP contribution in [-0.2, 0) is 39.5 Å². The number of anilines is 6.